The third-order valence-corrected chi connectivity index (χ3v) is 3.69. The molecule has 0 radical (unpaired) electrons. The summed E-state index contributed by atoms with van der Waals surface area (Å²) >= 11 is 5.45. The van der Waals surface area contributed by atoms with E-state index in [1.54, 1.807) is 0 Å². The van der Waals surface area contributed by atoms with E-state index >= 15 is 0 Å². The Morgan fingerprint density at radius 2 is 1.94 bits per heavy atom. The molecule has 0 aliphatic carbocycles. The van der Waals surface area contributed by atoms with Crippen LogP contribution in [0.15, 0.2) is 27.6 Å². The fourth-order valence-corrected chi connectivity index (χ4v) is 2.86. The monoisotopic (exact) mass is 301 g/mol. The van der Waals surface area contributed by atoms with E-state index in [1.807, 2.05) is 11.8 Å². The Hall–Kier alpha value is 0.01000. The Morgan fingerprint density at radius 3 is 2.50 bits per heavy atom. The second-order valence-electron chi connectivity index (χ2n) is 4.45. The lowest BCUT2D eigenvalue weighted by Crippen LogP contribution is -2.22. The molecule has 0 aliphatic rings. The highest BCUT2D eigenvalue weighted by Crippen LogP contribution is 2.29. The molecule has 0 spiro atoms. The van der Waals surface area contributed by atoms with Gasteiger partial charge in [-0.25, -0.2) is 0 Å². The van der Waals surface area contributed by atoms with Gasteiger partial charge in [-0.05, 0) is 17.7 Å². The smallest absolute Gasteiger partial charge is 0.0218 e. The standard InChI is InChI=1S/C13H20BrNS/c1-9(2)15-8-11-5-6-12(14)7-13(11)16-10(3)4/h5-7,9-10,15H,8H2,1-4H3. The average molecular weight is 302 g/mol. The molecule has 1 N–H and O–H groups in total. The van der Waals surface area contributed by atoms with Crippen LogP contribution in [0.2, 0.25) is 0 Å². The molecule has 1 rings (SSSR count). The van der Waals surface area contributed by atoms with Crippen molar-refractivity contribution in [1.82, 2.24) is 5.32 Å². The maximum absolute atomic E-state index is 3.53. The van der Waals surface area contributed by atoms with Crippen LogP contribution in [0.25, 0.3) is 0 Å². The van der Waals surface area contributed by atoms with E-state index in [2.05, 4.69) is 67.1 Å². The number of halogens is 1. The fraction of sp³-hybridized carbons (Fsp3) is 0.538. The number of hydrogen-bond acceptors (Lipinski definition) is 2. The van der Waals surface area contributed by atoms with E-state index in [4.69, 9.17) is 0 Å². The van der Waals surface area contributed by atoms with Gasteiger partial charge in [-0.2, -0.15) is 0 Å². The first-order valence-corrected chi connectivity index (χ1v) is 7.34. The van der Waals surface area contributed by atoms with Gasteiger partial charge in [0.25, 0.3) is 0 Å². The predicted molar refractivity (Wildman–Crippen MR) is 77.1 cm³/mol. The number of nitrogens with one attached hydrogen (secondary N) is 1. The molecule has 0 unspecified atom stereocenters. The summed E-state index contributed by atoms with van der Waals surface area (Å²) in [5.74, 6) is 0. The van der Waals surface area contributed by atoms with Crippen LogP contribution in [0, 0.1) is 0 Å². The van der Waals surface area contributed by atoms with E-state index in [9.17, 15) is 0 Å². The Balaban J connectivity index is 2.80. The lowest BCUT2D eigenvalue weighted by molar-refractivity contribution is 0.584. The van der Waals surface area contributed by atoms with Crippen LogP contribution in [-0.2, 0) is 6.54 Å². The number of thioether (sulfide) groups is 1. The summed E-state index contributed by atoms with van der Waals surface area (Å²) in [4.78, 5) is 1.37. The Labute approximate surface area is 112 Å². The lowest BCUT2D eigenvalue weighted by atomic mass is 10.2. The van der Waals surface area contributed by atoms with Crippen molar-refractivity contribution in [3.63, 3.8) is 0 Å². The molecule has 1 aromatic rings. The molecule has 1 nitrogen and oxygen atoms in total. The zero-order valence-corrected chi connectivity index (χ0v) is 12.8. The highest BCUT2D eigenvalue weighted by Gasteiger charge is 2.06. The van der Waals surface area contributed by atoms with E-state index in [1.165, 1.54) is 10.5 Å². The molecule has 90 valence electrons. The van der Waals surface area contributed by atoms with Crippen molar-refractivity contribution in [2.45, 2.75) is 50.4 Å². The minimum atomic E-state index is 0.528. The van der Waals surface area contributed by atoms with Crippen LogP contribution in [-0.4, -0.2) is 11.3 Å². The quantitative estimate of drug-likeness (QED) is 0.807. The van der Waals surface area contributed by atoms with Crippen molar-refractivity contribution in [3.05, 3.63) is 28.2 Å². The molecule has 0 fully saturated rings. The van der Waals surface area contributed by atoms with E-state index in [0.717, 1.165) is 11.0 Å². The van der Waals surface area contributed by atoms with Gasteiger partial charge in [-0.1, -0.05) is 49.7 Å². The molecule has 0 saturated carbocycles. The molecular weight excluding hydrogens is 282 g/mol. The van der Waals surface area contributed by atoms with E-state index < -0.39 is 0 Å². The number of rotatable bonds is 5. The molecule has 0 atom stereocenters. The van der Waals surface area contributed by atoms with Crippen LogP contribution in [0.1, 0.15) is 33.3 Å². The predicted octanol–water partition coefficient (Wildman–Crippen LogP) is 4.45. The maximum Gasteiger partial charge on any atom is 0.0218 e. The lowest BCUT2D eigenvalue weighted by Gasteiger charge is -2.14. The van der Waals surface area contributed by atoms with Crippen molar-refractivity contribution in [3.8, 4) is 0 Å². The van der Waals surface area contributed by atoms with Gasteiger partial charge in [-0.15, -0.1) is 11.8 Å². The van der Waals surface area contributed by atoms with Gasteiger partial charge < -0.3 is 5.32 Å². The molecule has 1 aromatic carbocycles. The summed E-state index contributed by atoms with van der Waals surface area (Å²) in [7, 11) is 0. The molecular formula is C13H20BrNS. The van der Waals surface area contributed by atoms with Crippen LogP contribution >= 0.6 is 27.7 Å². The Morgan fingerprint density at radius 1 is 1.25 bits per heavy atom. The van der Waals surface area contributed by atoms with E-state index in [-0.39, 0.29) is 0 Å². The number of benzene rings is 1. The van der Waals surface area contributed by atoms with Crippen LogP contribution in [0.4, 0.5) is 0 Å². The molecule has 0 heterocycles. The molecule has 0 aromatic heterocycles. The van der Waals surface area contributed by atoms with Crippen molar-refractivity contribution < 1.29 is 0 Å². The SMILES string of the molecule is CC(C)NCc1ccc(Br)cc1SC(C)C. The average Bonchev–Trinajstić information content (AvgIpc) is 2.15. The minimum absolute atomic E-state index is 0.528. The van der Waals surface area contributed by atoms with Crippen molar-refractivity contribution >= 4 is 27.7 Å². The third-order valence-electron chi connectivity index (χ3n) is 2.09. The largest absolute Gasteiger partial charge is 0.310 e. The molecule has 0 aliphatic heterocycles. The van der Waals surface area contributed by atoms with Gasteiger partial charge in [0.1, 0.15) is 0 Å². The highest BCUT2D eigenvalue weighted by atomic mass is 79.9. The van der Waals surface area contributed by atoms with Gasteiger partial charge in [0.2, 0.25) is 0 Å². The maximum atomic E-state index is 3.53. The van der Waals surface area contributed by atoms with Gasteiger partial charge in [0.15, 0.2) is 0 Å². The van der Waals surface area contributed by atoms with Crippen LogP contribution in [0.3, 0.4) is 0 Å². The van der Waals surface area contributed by atoms with E-state index in [0.29, 0.717) is 11.3 Å². The zero-order chi connectivity index (χ0) is 12.1. The van der Waals surface area contributed by atoms with Crippen LogP contribution in [0.5, 0.6) is 0 Å². The summed E-state index contributed by atoms with van der Waals surface area (Å²) in [6, 6.07) is 7.05. The van der Waals surface area contributed by atoms with Crippen molar-refractivity contribution in [2.24, 2.45) is 0 Å². The van der Waals surface area contributed by atoms with Crippen LogP contribution < -0.4 is 5.32 Å². The van der Waals surface area contributed by atoms with Gasteiger partial charge in [0, 0.05) is 27.2 Å². The number of hydrogen-bond donors (Lipinski definition) is 1. The first kappa shape index (κ1) is 14.1. The molecule has 16 heavy (non-hydrogen) atoms. The summed E-state index contributed by atoms with van der Waals surface area (Å²) < 4.78 is 1.16. The minimum Gasteiger partial charge on any atom is -0.310 e. The highest BCUT2D eigenvalue weighted by molar-refractivity contribution is 9.10. The molecule has 0 saturated heterocycles. The summed E-state index contributed by atoms with van der Waals surface area (Å²) in [6.45, 7) is 9.75. The van der Waals surface area contributed by atoms with Crippen molar-refractivity contribution in [1.29, 1.82) is 0 Å². The Bertz CT molecular complexity index is 337. The first-order chi connectivity index (χ1) is 7.49. The Kier molecular flexibility index (Phi) is 5.87. The molecule has 0 bridgehead atoms. The first-order valence-electron chi connectivity index (χ1n) is 5.67. The van der Waals surface area contributed by atoms with Gasteiger partial charge >= 0.3 is 0 Å². The summed E-state index contributed by atoms with van der Waals surface area (Å²) in [5, 5.41) is 4.08. The van der Waals surface area contributed by atoms with Gasteiger partial charge in [0.05, 0.1) is 0 Å². The second kappa shape index (κ2) is 6.67. The normalized spacial score (nSPS) is 11.4. The topological polar surface area (TPSA) is 12.0 Å². The van der Waals surface area contributed by atoms with Gasteiger partial charge in [-0.3, -0.25) is 0 Å². The third kappa shape index (κ3) is 4.89. The second-order valence-corrected chi connectivity index (χ2v) is 6.99. The summed E-state index contributed by atoms with van der Waals surface area (Å²) in [5.41, 5.74) is 1.38. The summed E-state index contributed by atoms with van der Waals surface area (Å²) in [6.07, 6.45) is 0. The molecule has 0 amide bonds. The van der Waals surface area contributed by atoms with Crippen molar-refractivity contribution in [2.75, 3.05) is 0 Å². The fourth-order valence-electron chi connectivity index (χ4n) is 1.35. The zero-order valence-electron chi connectivity index (χ0n) is 10.4. The molecule has 3 heteroatoms.